The minimum Gasteiger partial charge on any atom is -0.391 e. The van der Waals surface area contributed by atoms with Gasteiger partial charge in [0, 0.05) is 11.6 Å². The first-order chi connectivity index (χ1) is 7.91. The Balaban J connectivity index is 2.71. The minimum absolute atomic E-state index is 0.155. The maximum Gasteiger partial charge on any atom is 0.130 e. The molecule has 4 heteroatoms. The van der Waals surface area contributed by atoms with Gasteiger partial charge in [0.15, 0.2) is 0 Å². The smallest absolute Gasteiger partial charge is 0.130 e. The van der Waals surface area contributed by atoms with Crippen LogP contribution in [0.25, 0.3) is 0 Å². The summed E-state index contributed by atoms with van der Waals surface area (Å²) in [5.74, 6) is -0.897. The van der Waals surface area contributed by atoms with Crippen LogP contribution in [-0.4, -0.2) is 11.2 Å². The van der Waals surface area contributed by atoms with Crippen molar-refractivity contribution in [2.75, 3.05) is 0 Å². The van der Waals surface area contributed by atoms with Gasteiger partial charge in [-0.05, 0) is 24.8 Å². The fraction of sp³-hybridized carbons (Fsp3) is 0.538. The summed E-state index contributed by atoms with van der Waals surface area (Å²) >= 11 is 0. The number of rotatable bonds is 5. The zero-order valence-corrected chi connectivity index (χ0v) is 10.2. The Labute approximate surface area is 100 Å². The Morgan fingerprint density at radius 1 is 1.24 bits per heavy atom. The number of aliphatic hydroxyl groups is 1. The molecule has 0 spiro atoms. The molecule has 1 rings (SSSR count). The second-order valence-corrected chi connectivity index (χ2v) is 4.73. The molecule has 3 N–H and O–H groups in total. The molecule has 0 aromatic heterocycles. The predicted molar refractivity (Wildman–Crippen MR) is 63.4 cm³/mol. The van der Waals surface area contributed by atoms with Crippen molar-refractivity contribution in [2.45, 2.75) is 38.8 Å². The van der Waals surface area contributed by atoms with Gasteiger partial charge in [-0.25, -0.2) is 8.78 Å². The fourth-order valence-electron chi connectivity index (χ4n) is 1.66. The number of aliphatic hydroxyl groups excluding tert-OH is 1. The Hall–Kier alpha value is -1.00. The van der Waals surface area contributed by atoms with Gasteiger partial charge >= 0.3 is 0 Å². The summed E-state index contributed by atoms with van der Waals surface area (Å²) in [5.41, 5.74) is 5.92. The van der Waals surface area contributed by atoms with E-state index in [1.54, 1.807) is 0 Å². The molecule has 0 unspecified atom stereocenters. The molecule has 0 saturated carbocycles. The number of halogens is 2. The summed E-state index contributed by atoms with van der Waals surface area (Å²) < 4.78 is 26.2. The Morgan fingerprint density at radius 3 is 2.41 bits per heavy atom. The SMILES string of the molecule is CC(C)CC[C@H](O)[C@H](N)c1ccc(F)cc1F. The van der Waals surface area contributed by atoms with Crippen molar-refractivity contribution in [2.24, 2.45) is 11.7 Å². The zero-order chi connectivity index (χ0) is 13.0. The van der Waals surface area contributed by atoms with E-state index in [9.17, 15) is 13.9 Å². The summed E-state index contributed by atoms with van der Waals surface area (Å²) in [6.45, 7) is 4.08. The van der Waals surface area contributed by atoms with E-state index in [0.717, 1.165) is 18.6 Å². The van der Waals surface area contributed by atoms with Gasteiger partial charge in [-0.2, -0.15) is 0 Å². The first kappa shape index (κ1) is 14.1. The lowest BCUT2D eigenvalue weighted by molar-refractivity contribution is 0.127. The van der Waals surface area contributed by atoms with Gasteiger partial charge in [-0.15, -0.1) is 0 Å². The lowest BCUT2D eigenvalue weighted by atomic mass is 9.96. The number of hydrogen-bond donors (Lipinski definition) is 2. The molecule has 1 aromatic rings. The molecule has 0 aliphatic rings. The zero-order valence-electron chi connectivity index (χ0n) is 10.2. The maximum atomic E-state index is 13.4. The fourth-order valence-corrected chi connectivity index (χ4v) is 1.66. The van der Waals surface area contributed by atoms with E-state index in [2.05, 4.69) is 0 Å². The second-order valence-electron chi connectivity index (χ2n) is 4.73. The molecule has 0 saturated heterocycles. The molecular weight excluding hydrogens is 224 g/mol. The highest BCUT2D eigenvalue weighted by Crippen LogP contribution is 2.22. The van der Waals surface area contributed by atoms with Crippen molar-refractivity contribution < 1.29 is 13.9 Å². The second kappa shape index (κ2) is 6.07. The van der Waals surface area contributed by atoms with Crippen LogP contribution in [0.5, 0.6) is 0 Å². The van der Waals surface area contributed by atoms with Crippen LogP contribution in [0.3, 0.4) is 0 Å². The van der Waals surface area contributed by atoms with E-state index < -0.39 is 23.8 Å². The van der Waals surface area contributed by atoms with Crippen LogP contribution < -0.4 is 5.73 Å². The van der Waals surface area contributed by atoms with E-state index >= 15 is 0 Å². The Bertz CT molecular complexity index is 368. The van der Waals surface area contributed by atoms with Gasteiger partial charge < -0.3 is 10.8 Å². The molecule has 0 radical (unpaired) electrons. The molecule has 0 amide bonds. The molecule has 2 nitrogen and oxygen atoms in total. The van der Waals surface area contributed by atoms with Crippen molar-refractivity contribution >= 4 is 0 Å². The van der Waals surface area contributed by atoms with Gasteiger partial charge in [-0.1, -0.05) is 19.9 Å². The number of hydrogen-bond acceptors (Lipinski definition) is 2. The average molecular weight is 243 g/mol. The molecule has 0 heterocycles. The molecule has 1 aromatic carbocycles. The van der Waals surface area contributed by atoms with Crippen LogP contribution in [0.1, 0.15) is 38.3 Å². The third kappa shape index (κ3) is 4.06. The minimum atomic E-state index is -0.811. The first-order valence-corrected chi connectivity index (χ1v) is 5.80. The highest BCUT2D eigenvalue weighted by molar-refractivity contribution is 5.22. The van der Waals surface area contributed by atoms with Crippen LogP contribution in [-0.2, 0) is 0 Å². The van der Waals surface area contributed by atoms with Crippen LogP contribution in [0, 0.1) is 17.6 Å². The summed E-state index contributed by atoms with van der Waals surface area (Å²) in [4.78, 5) is 0. The van der Waals surface area contributed by atoms with Crippen molar-refractivity contribution in [3.8, 4) is 0 Å². The van der Waals surface area contributed by atoms with Gasteiger partial charge in [0.25, 0.3) is 0 Å². The van der Waals surface area contributed by atoms with E-state index in [1.165, 1.54) is 6.07 Å². The standard InChI is InChI=1S/C13H19F2NO/c1-8(2)3-6-12(17)13(16)10-5-4-9(14)7-11(10)15/h4-5,7-8,12-13,17H,3,6,16H2,1-2H3/t12-,13+/m0/s1. The molecular formula is C13H19F2NO. The quantitative estimate of drug-likeness (QED) is 0.835. The van der Waals surface area contributed by atoms with Crippen molar-refractivity contribution in [3.63, 3.8) is 0 Å². The molecule has 0 fully saturated rings. The maximum absolute atomic E-state index is 13.4. The lowest BCUT2D eigenvalue weighted by Crippen LogP contribution is -2.27. The van der Waals surface area contributed by atoms with Crippen LogP contribution in [0.15, 0.2) is 18.2 Å². The lowest BCUT2D eigenvalue weighted by Gasteiger charge is -2.20. The highest BCUT2D eigenvalue weighted by atomic mass is 19.1. The van der Waals surface area contributed by atoms with E-state index in [1.807, 2.05) is 13.8 Å². The van der Waals surface area contributed by atoms with Crippen molar-refractivity contribution in [3.05, 3.63) is 35.4 Å². The topological polar surface area (TPSA) is 46.2 Å². The van der Waals surface area contributed by atoms with E-state index in [4.69, 9.17) is 5.73 Å². The van der Waals surface area contributed by atoms with Crippen LogP contribution in [0.4, 0.5) is 8.78 Å². The molecule has 2 atom stereocenters. The summed E-state index contributed by atoms with van der Waals surface area (Å²) in [6, 6.07) is 2.40. The Kier molecular flexibility index (Phi) is 5.02. The van der Waals surface area contributed by atoms with Gasteiger partial charge in [0.1, 0.15) is 11.6 Å². The van der Waals surface area contributed by atoms with Gasteiger partial charge in [0.05, 0.1) is 12.1 Å². The average Bonchev–Trinajstić information content (AvgIpc) is 2.25. The number of nitrogens with two attached hydrogens (primary N) is 1. The Morgan fingerprint density at radius 2 is 1.88 bits per heavy atom. The van der Waals surface area contributed by atoms with Crippen molar-refractivity contribution in [1.29, 1.82) is 0 Å². The molecule has 0 aliphatic carbocycles. The third-order valence-corrected chi connectivity index (χ3v) is 2.78. The third-order valence-electron chi connectivity index (χ3n) is 2.78. The molecule has 17 heavy (non-hydrogen) atoms. The van der Waals surface area contributed by atoms with E-state index in [0.29, 0.717) is 12.3 Å². The summed E-state index contributed by atoms with van der Waals surface area (Å²) in [5, 5.41) is 9.83. The summed E-state index contributed by atoms with van der Waals surface area (Å²) in [7, 11) is 0. The largest absolute Gasteiger partial charge is 0.391 e. The van der Waals surface area contributed by atoms with Crippen molar-refractivity contribution in [1.82, 2.24) is 0 Å². The monoisotopic (exact) mass is 243 g/mol. The highest BCUT2D eigenvalue weighted by Gasteiger charge is 2.20. The predicted octanol–water partition coefficient (Wildman–Crippen LogP) is 2.76. The molecule has 0 bridgehead atoms. The van der Waals surface area contributed by atoms with Crippen LogP contribution in [0.2, 0.25) is 0 Å². The van der Waals surface area contributed by atoms with Crippen LogP contribution >= 0.6 is 0 Å². The normalized spacial score (nSPS) is 15.0. The first-order valence-electron chi connectivity index (χ1n) is 5.80. The number of benzene rings is 1. The van der Waals surface area contributed by atoms with E-state index in [-0.39, 0.29) is 5.56 Å². The molecule has 96 valence electrons. The van der Waals surface area contributed by atoms with Gasteiger partial charge in [-0.3, -0.25) is 0 Å². The molecule has 0 aliphatic heterocycles. The van der Waals surface area contributed by atoms with Gasteiger partial charge in [0.2, 0.25) is 0 Å². The summed E-state index contributed by atoms with van der Waals surface area (Å²) in [6.07, 6.45) is 0.519.